The van der Waals surface area contributed by atoms with Gasteiger partial charge in [0.2, 0.25) is 0 Å². The third-order valence-corrected chi connectivity index (χ3v) is 6.10. The fourth-order valence-corrected chi connectivity index (χ4v) is 4.02. The molecule has 34 heavy (non-hydrogen) atoms. The van der Waals surface area contributed by atoms with Crippen LogP contribution in [0.4, 0.5) is 0 Å². The van der Waals surface area contributed by atoms with E-state index < -0.39 is 112 Å². The van der Waals surface area contributed by atoms with Crippen LogP contribution in [0.3, 0.4) is 0 Å². The molecule has 0 aromatic heterocycles. The summed E-state index contributed by atoms with van der Waals surface area (Å²) in [7, 11) is 0. The largest absolute Gasteiger partial charge is 0.394 e. The van der Waals surface area contributed by atoms with Gasteiger partial charge < -0.3 is 79.9 Å². The number of hydrogen-bond donors (Lipinski definition) is 11. The summed E-state index contributed by atoms with van der Waals surface area (Å²) in [6.45, 7) is -2.31. The summed E-state index contributed by atoms with van der Waals surface area (Å²) in [4.78, 5) is 0. The Morgan fingerprint density at radius 1 is 0.441 bits per heavy atom. The Bertz CT molecular complexity index is 639. The maximum Gasteiger partial charge on any atom is 0.187 e. The van der Waals surface area contributed by atoms with Crippen molar-refractivity contribution in [3.8, 4) is 0 Å². The number of aliphatic hydroxyl groups excluding tert-OH is 11. The van der Waals surface area contributed by atoms with Crippen molar-refractivity contribution in [2.24, 2.45) is 0 Å². The molecule has 15 atom stereocenters. The van der Waals surface area contributed by atoms with Gasteiger partial charge in [-0.15, -0.1) is 0 Å². The summed E-state index contributed by atoms with van der Waals surface area (Å²) in [5.41, 5.74) is 0. The Morgan fingerprint density at radius 3 is 1.38 bits per heavy atom. The highest BCUT2D eigenvalue weighted by Gasteiger charge is 2.53. The molecule has 0 unspecified atom stereocenters. The summed E-state index contributed by atoms with van der Waals surface area (Å²) in [6, 6.07) is 0. The van der Waals surface area contributed by atoms with E-state index in [1.807, 2.05) is 0 Å². The van der Waals surface area contributed by atoms with Crippen LogP contribution in [0, 0.1) is 0 Å². The summed E-state index contributed by atoms with van der Waals surface area (Å²) >= 11 is 0. The molecular weight excluding hydrogens is 472 g/mol. The zero-order valence-corrected chi connectivity index (χ0v) is 17.7. The van der Waals surface area contributed by atoms with Crippen LogP contribution in [0.15, 0.2) is 0 Å². The summed E-state index contributed by atoms with van der Waals surface area (Å²) in [5.74, 6) is 0. The van der Waals surface area contributed by atoms with Crippen molar-refractivity contribution in [3.05, 3.63) is 0 Å². The van der Waals surface area contributed by atoms with Crippen LogP contribution in [0.5, 0.6) is 0 Å². The average molecular weight is 504 g/mol. The van der Waals surface area contributed by atoms with E-state index in [0.717, 1.165) is 0 Å². The first kappa shape index (κ1) is 27.9. The molecule has 200 valence electrons. The molecule has 3 aliphatic rings. The molecular formula is C18H32O16. The summed E-state index contributed by atoms with van der Waals surface area (Å²) < 4.78 is 26.5. The van der Waals surface area contributed by atoms with E-state index in [0.29, 0.717) is 0 Å². The van der Waals surface area contributed by atoms with E-state index in [1.165, 1.54) is 0 Å². The van der Waals surface area contributed by atoms with Crippen molar-refractivity contribution in [1.82, 2.24) is 0 Å². The molecule has 3 rings (SSSR count). The van der Waals surface area contributed by atoms with E-state index in [-0.39, 0.29) is 0 Å². The second-order valence-electron chi connectivity index (χ2n) is 8.33. The Morgan fingerprint density at radius 2 is 0.853 bits per heavy atom. The fourth-order valence-electron chi connectivity index (χ4n) is 4.02. The maximum absolute atomic E-state index is 10.6. The molecule has 11 N–H and O–H groups in total. The van der Waals surface area contributed by atoms with E-state index in [2.05, 4.69) is 0 Å². The zero-order valence-electron chi connectivity index (χ0n) is 17.7. The van der Waals surface area contributed by atoms with Gasteiger partial charge in [0.25, 0.3) is 0 Å². The molecule has 3 fully saturated rings. The van der Waals surface area contributed by atoms with Crippen molar-refractivity contribution in [3.63, 3.8) is 0 Å². The molecule has 16 nitrogen and oxygen atoms in total. The predicted octanol–water partition coefficient (Wildman–Crippen LogP) is -7.57. The molecule has 0 radical (unpaired) electrons. The van der Waals surface area contributed by atoms with Gasteiger partial charge in [-0.3, -0.25) is 0 Å². The van der Waals surface area contributed by atoms with Gasteiger partial charge in [0.05, 0.1) is 19.8 Å². The third kappa shape index (κ3) is 5.37. The molecule has 3 heterocycles. The van der Waals surface area contributed by atoms with Gasteiger partial charge in [-0.25, -0.2) is 0 Å². The van der Waals surface area contributed by atoms with Crippen molar-refractivity contribution < 1.29 is 79.9 Å². The SMILES string of the molecule is OC[C@H]1O[C@H](O[C@@H]2[C@@H](O[C@H]3[C@@H](O)[C@H](O)[C@@H](CO)O[C@@H]3O)O[C@H](CO)[C@@H](O)[C@@H]2O)[C@H](O)[C@@H](O)[C@H]1O. The quantitative estimate of drug-likeness (QED) is 0.154. The average Bonchev–Trinajstić information content (AvgIpc) is 2.83. The Labute approximate surface area is 192 Å². The first-order chi connectivity index (χ1) is 16.0. The maximum atomic E-state index is 10.6. The van der Waals surface area contributed by atoms with Crippen LogP contribution in [0.1, 0.15) is 0 Å². The number of rotatable bonds is 7. The van der Waals surface area contributed by atoms with Crippen molar-refractivity contribution in [1.29, 1.82) is 0 Å². The standard InChI is InChI=1S/C18H32O16/c19-1-4-8(23)11(26)14(16(29)30-4)33-18-15(12(27)9(24)6(3-21)32-18)34-17-13(28)10(25)7(22)5(2-20)31-17/h4-29H,1-3H2/t4-,5-,6-,7+,8-,9-,10+,11+,12+,13-,14+,15+,16+,17-,18-/m1/s1. The van der Waals surface area contributed by atoms with Crippen LogP contribution in [0.2, 0.25) is 0 Å². The lowest BCUT2D eigenvalue weighted by atomic mass is 9.96. The van der Waals surface area contributed by atoms with Gasteiger partial charge >= 0.3 is 0 Å². The molecule has 0 aromatic rings. The van der Waals surface area contributed by atoms with Gasteiger partial charge in [-0.05, 0) is 0 Å². The lowest BCUT2D eigenvalue weighted by Crippen LogP contribution is -2.66. The molecule has 0 aliphatic carbocycles. The first-order valence-corrected chi connectivity index (χ1v) is 10.6. The Kier molecular flexibility index (Phi) is 9.54. The minimum Gasteiger partial charge on any atom is -0.394 e. The van der Waals surface area contributed by atoms with Gasteiger partial charge in [-0.2, -0.15) is 0 Å². The van der Waals surface area contributed by atoms with Gasteiger partial charge in [0.15, 0.2) is 18.9 Å². The molecule has 0 aromatic carbocycles. The van der Waals surface area contributed by atoms with Crippen LogP contribution in [-0.2, 0) is 23.7 Å². The predicted molar refractivity (Wildman–Crippen MR) is 101 cm³/mol. The molecule has 0 spiro atoms. The minimum absolute atomic E-state index is 0.734. The molecule has 0 amide bonds. The molecule has 3 saturated heterocycles. The first-order valence-electron chi connectivity index (χ1n) is 10.6. The van der Waals surface area contributed by atoms with E-state index >= 15 is 0 Å². The highest BCUT2D eigenvalue weighted by Crippen LogP contribution is 2.32. The second kappa shape index (κ2) is 11.6. The zero-order chi connectivity index (χ0) is 25.3. The fraction of sp³-hybridized carbons (Fsp3) is 1.00. The monoisotopic (exact) mass is 504 g/mol. The summed E-state index contributed by atoms with van der Waals surface area (Å²) in [6.07, 6.45) is -25.7. The molecule has 0 saturated carbocycles. The number of aliphatic hydroxyl groups is 11. The lowest BCUT2D eigenvalue weighted by molar-refractivity contribution is -0.391. The lowest BCUT2D eigenvalue weighted by Gasteiger charge is -2.48. The van der Waals surface area contributed by atoms with Crippen molar-refractivity contribution >= 4 is 0 Å². The molecule has 3 aliphatic heterocycles. The summed E-state index contributed by atoms with van der Waals surface area (Å²) in [5, 5.41) is 109. The highest BCUT2D eigenvalue weighted by molar-refractivity contribution is 4.95. The number of ether oxygens (including phenoxy) is 5. The van der Waals surface area contributed by atoms with Crippen LogP contribution >= 0.6 is 0 Å². The third-order valence-electron chi connectivity index (χ3n) is 6.10. The molecule has 16 heteroatoms. The molecule has 0 bridgehead atoms. The normalized spacial score (nSPS) is 52.5. The highest BCUT2D eigenvalue weighted by atomic mass is 16.8. The second-order valence-corrected chi connectivity index (χ2v) is 8.33. The van der Waals surface area contributed by atoms with E-state index in [4.69, 9.17) is 23.7 Å². The van der Waals surface area contributed by atoms with Gasteiger partial charge in [0.1, 0.15) is 73.2 Å². The topological polar surface area (TPSA) is 269 Å². The van der Waals surface area contributed by atoms with E-state index in [9.17, 15) is 56.2 Å². The van der Waals surface area contributed by atoms with E-state index in [1.54, 1.807) is 0 Å². The van der Waals surface area contributed by atoms with Crippen LogP contribution < -0.4 is 0 Å². The van der Waals surface area contributed by atoms with Crippen molar-refractivity contribution in [2.75, 3.05) is 19.8 Å². The van der Waals surface area contributed by atoms with Crippen LogP contribution in [-0.4, -0.2) is 168 Å². The minimum atomic E-state index is -1.90. The Balaban J connectivity index is 1.82. The van der Waals surface area contributed by atoms with Gasteiger partial charge in [-0.1, -0.05) is 0 Å². The Hall–Kier alpha value is -0.640. The van der Waals surface area contributed by atoms with Gasteiger partial charge in [0, 0.05) is 0 Å². The number of hydrogen-bond acceptors (Lipinski definition) is 16. The van der Waals surface area contributed by atoms with Crippen molar-refractivity contribution in [2.45, 2.75) is 92.1 Å². The van der Waals surface area contributed by atoms with Crippen LogP contribution in [0.25, 0.3) is 0 Å². The smallest absolute Gasteiger partial charge is 0.187 e.